The highest BCUT2D eigenvalue weighted by Crippen LogP contribution is 2.19. The van der Waals surface area contributed by atoms with Gasteiger partial charge in [-0.1, -0.05) is 6.92 Å². The number of pyridine rings is 1. The van der Waals surface area contributed by atoms with Gasteiger partial charge >= 0.3 is 0 Å². The van der Waals surface area contributed by atoms with Crippen molar-refractivity contribution in [2.75, 3.05) is 5.32 Å². The summed E-state index contributed by atoms with van der Waals surface area (Å²) in [5.74, 6) is 0. The molecule has 0 radical (unpaired) electrons. The van der Waals surface area contributed by atoms with Crippen molar-refractivity contribution in [2.24, 2.45) is 0 Å². The van der Waals surface area contributed by atoms with Gasteiger partial charge in [0.05, 0.1) is 0 Å². The zero-order valence-corrected chi connectivity index (χ0v) is 10.4. The van der Waals surface area contributed by atoms with E-state index in [1.54, 1.807) is 23.6 Å². The Morgan fingerprint density at radius 3 is 3.12 bits per heavy atom. The minimum atomic E-state index is 0.442. The molecule has 0 aliphatic heterocycles. The van der Waals surface area contributed by atoms with Gasteiger partial charge in [-0.2, -0.15) is 5.26 Å². The molecule has 0 aromatic carbocycles. The van der Waals surface area contributed by atoms with Crippen LogP contribution in [0.5, 0.6) is 0 Å². The van der Waals surface area contributed by atoms with Crippen molar-refractivity contribution in [2.45, 2.75) is 19.9 Å². The van der Waals surface area contributed by atoms with Gasteiger partial charge in [-0.25, -0.2) is 4.98 Å². The minimum absolute atomic E-state index is 0.442. The summed E-state index contributed by atoms with van der Waals surface area (Å²) in [5.41, 5.74) is 2.76. The molecule has 0 saturated carbocycles. The molecule has 2 rings (SSSR count). The summed E-state index contributed by atoms with van der Waals surface area (Å²) in [7, 11) is 0. The molecule has 2 heterocycles. The molecule has 0 saturated heterocycles. The maximum absolute atomic E-state index is 8.76. The number of nitrogens with one attached hydrogen (secondary N) is 1. The standard InChI is InChI=1S/C13H13N3S/c1-2-10-4-6-17-13(10)9-16-11-3-5-15-12(7-11)8-14/h3-7H,2,9H2,1H3,(H,15,16). The Bertz CT molecular complexity index is 540. The first-order valence-electron chi connectivity index (χ1n) is 5.48. The smallest absolute Gasteiger partial charge is 0.142 e. The number of hydrogen-bond donors (Lipinski definition) is 1. The molecular formula is C13H13N3S. The van der Waals surface area contributed by atoms with Crippen LogP contribution in [-0.2, 0) is 13.0 Å². The molecule has 3 nitrogen and oxygen atoms in total. The highest BCUT2D eigenvalue weighted by molar-refractivity contribution is 7.10. The number of nitrogens with zero attached hydrogens (tertiary/aromatic N) is 2. The van der Waals surface area contributed by atoms with Gasteiger partial charge in [-0.3, -0.25) is 0 Å². The number of anilines is 1. The van der Waals surface area contributed by atoms with Crippen LogP contribution in [0.1, 0.15) is 23.1 Å². The molecule has 0 unspecified atom stereocenters. The van der Waals surface area contributed by atoms with Crippen molar-refractivity contribution in [1.82, 2.24) is 4.98 Å². The Morgan fingerprint density at radius 1 is 1.47 bits per heavy atom. The molecule has 0 fully saturated rings. The highest BCUT2D eigenvalue weighted by Gasteiger charge is 2.02. The van der Waals surface area contributed by atoms with Crippen molar-refractivity contribution in [3.8, 4) is 6.07 Å². The first kappa shape index (κ1) is 11.6. The molecule has 0 atom stereocenters. The fourth-order valence-corrected chi connectivity index (χ4v) is 2.54. The van der Waals surface area contributed by atoms with Gasteiger partial charge in [-0.15, -0.1) is 11.3 Å². The third-order valence-electron chi connectivity index (χ3n) is 2.55. The van der Waals surface area contributed by atoms with E-state index < -0.39 is 0 Å². The maximum Gasteiger partial charge on any atom is 0.142 e. The molecule has 2 aromatic rings. The normalized spacial score (nSPS) is 9.88. The topological polar surface area (TPSA) is 48.7 Å². The Morgan fingerprint density at radius 2 is 2.35 bits per heavy atom. The summed E-state index contributed by atoms with van der Waals surface area (Å²) in [5, 5.41) is 14.2. The molecule has 0 aliphatic carbocycles. The molecule has 86 valence electrons. The Balaban J connectivity index is 2.05. The van der Waals surface area contributed by atoms with E-state index in [-0.39, 0.29) is 0 Å². The molecule has 1 N–H and O–H groups in total. The second kappa shape index (κ2) is 5.46. The third-order valence-corrected chi connectivity index (χ3v) is 3.51. The molecule has 0 bridgehead atoms. The zero-order chi connectivity index (χ0) is 12.1. The van der Waals surface area contributed by atoms with Crippen molar-refractivity contribution in [1.29, 1.82) is 5.26 Å². The lowest BCUT2D eigenvalue weighted by atomic mass is 10.2. The lowest BCUT2D eigenvalue weighted by molar-refractivity contribution is 1.08. The van der Waals surface area contributed by atoms with E-state index in [0.29, 0.717) is 5.69 Å². The number of thiophene rings is 1. The second-order valence-electron chi connectivity index (χ2n) is 3.62. The van der Waals surface area contributed by atoms with Gasteiger partial charge in [0.2, 0.25) is 0 Å². The summed E-state index contributed by atoms with van der Waals surface area (Å²) >= 11 is 1.76. The molecule has 4 heteroatoms. The summed E-state index contributed by atoms with van der Waals surface area (Å²) in [6.45, 7) is 2.96. The van der Waals surface area contributed by atoms with E-state index in [1.807, 2.05) is 12.1 Å². The predicted octanol–water partition coefficient (Wildman–Crippen LogP) is 3.19. The van der Waals surface area contributed by atoms with Crippen LogP contribution in [0.25, 0.3) is 0 Å². The number of aromatic nitrogens is 1. The highest BCUT2D eigenvalue weighted by atomic mass is 32.1. The fourth-order valence-electron chi connectivity index (χ4n) is 1.62. The van der Waals surface area contributed by atoms with Gasteiger partial charge in [0.15, 0.2) is 0 Å². The van der Waals surface area contributed by atoms with Crippen molar-refractivity contribution in [3.63, 3.8) is 0 Å². The van der Waals surface area contributed by atoms with E-state index in [9.17, 15) is 0 Å². The lowest BCUT2D eigenvalue weighted by Crippen LogP contribution is -2.00. The van der Waals surface area contributed by atoms with Gasteiger partial charge < -0.3 is 5.32 Å². The SMILES string of the molecule is CCc1ccsc1CNc1ccnc(C#N)c1. The Kier molecular flexibility index (Phi) is 3.73. The zero-order valence-electron chi connectivity index (χ0n) is 9.60. The van der Waals surface area contributed by atoms with Gasteiger partial charge in [0.25, 0.3) is 0 Å². The number of nitriles is 1. The average Bonchev–Trinajstić information content (AvgIpc) is 2.84. The number of hydrogen-bond acceptors (Lipinski definition) is 4. The first-order chi connectivity index (χ1) is 8.33. The van der Waals surface area contributed by atoms with Crippen molar-refractivity contribution >= 4 is 17.0 Å². The second-order valence-corrected chi connectivity index (χ2v) is 4.62. The first-order valence-corrected chi connectivity index (χ1v) is 6.36. The molecule has 17 heavy (non-hydrogen) atoms. The summed E-state index contributed by atoms with van der Waals surface area (Å²) < 4.78 is 0. The fraction of sp³-hybridized carbons (Fsp3) is 0.231. The van der Waals surface area contributed by atoms with E-state index in [0.717, 1.165) is 18.7 Å². The predicted molar refractivity (Wildman–Crippen MR) is 70.0 cm³/mol. The lowest BCUT2D eigenvalue weighted by Gasteiger charge is -2.06. The van der Waals surface area contributed by atoms with Crippen LogP contribution in [0.2, 0.25) is 0 Å². The average molecular weight is 243 g/mol. The Hall–Kier alpha value is -1.86. The van der Waals surface area contributed by atoms with Crippen LogP contribution < -0.4 is 5.32 Å². The summed E-state index contributed by atoms with van der Waals surface area (Å²) in [6.07, 6.45) is 2.70. The van der Waals surface area contributed by atoms with Crippen LogP contribution in [0.15, 0.2) is 29.8 Å². The van der Waals surface area contributed by atoms with Crippen LogP contribution >= 0.6 is 11.3 Å². The van der Waals surface area contributed by atoms with Gasteiger partial charge in [0, 0.05) is 23.3 Å². The molecule has 0 spiro atoms. The van der Waals surface area contributed by atoms with Crippen molar-refractivity contribution in [3.05, 3.63) is 45.9 Å². The van der Waals surface area contributed by atoms with Crippen LogP contribution in [-0.4, -0.2) is 4.98 Å². The molecule has 2 aromatic heterocycles. The third kappa shape index (κ3) is 2.83. The minimum Gasteiger partial charge on any atom is -0.380 e. The molecule has 0 amide bonds. The Labute approximate surface area is 105 Å². The summed E-state index contributed by atoms with van der Waals surface area (Å²) in [6, 6.07) is 7.83. The number of aryl methyl sites for hydroxylation is 1. The van der Waals surface area contributed by atoms with Crippen LogP contribution in [0.4, 0.5) is 5.69 Å². The monoisotopic (exact) mass is 243 g/mol. The maximum atomic E-state index is 8.76. The van der Waals surface area contributed by atoms with E-state index in [4.69, 9.17) is 5.26 Å². The molecule has 0 aliphatic rings. The van der Waals surface area contributed by atoms with E-state index in [1.165, 1.54) is 10.4 Å². The largest absolute Gasteiger partial charge is 0.380 e. The van der Waals surface area contributed by atoms with Crippen LogP contribution in [0, 0.1) is 11.3 Å². The molecular weight excluding hydrogens is 230 g/mol. The van der Waals surface area contributed by atoms with E-state index >= 15 is 0 Å². The van der Waals surface area contributed by atoms with E-state index in [2.05, 4.69) is 28.7 Å². The van der Waals surface area contributed by atoms with Gasteiger partial charge in [0.1, 0.15) is 11.8 Å². The quantitative estimate of drug-likeness (QED) is 0.897. The number of rotatable bonds is 4. The van der Waals surface area contributed by atoms with Gasteiger partial charge in [-0.05, 0) is 35.6 Å². The van der Waals surface area contributed by atoms with Crippen molar-refractivity contribution < 1.29 is 0 Å². The van der Waals surface area contributed by atoms with Crippen LogP contribution in [0.3, 0.4) is 0 Å². The summed E-state index contributed by atoms with van der Waals surface area (Å²) in [4.78, 5) is 5.29.